The first-order chi connectivity index (χ1) is 14.4. The zero-order chi connectivity index (χ0) is 21.3. The van der Waals surface area contributed by atoms with Crippen LogP contribution in [-0.4, -0.2) is 42.6 Å². The Morgan fingerprint density at radius 2 is 2.00 bits per heavy atom. The molecule has 0 saturated carbocycles. The van der Waals surface area contributed by atoms with Crippen LogP contribution in [0.1, 0.15) is 18.1 Å². The first-order valence-corrected chi connectivity index (χ1v) is 11.3. The number of carbonyl (C=O) groups excluding carboxylic acids is 1. The number of ether oxygens (including phenoxy) is 1. The maximum Gasteiger partial charge on any atom is 0.413 e. The lowest BCUT2D eigenvalue weighted by Gasteiger charge is -2.06. The van der Waals surface area contributed by atoms with Crippen LogP contribution in [0.25, 0.3) is 21.9 Å². The predicted molar refractivity (Wildman–Crippen MR) is 121 cm³/mol. The first-order valence-electron chi connectivity index (χ1n) is 8.85. The highest BCUT2D eigenvalue weighted by Crippen LogP contribution is 2.27. The molecule has 0 aliphatic rings. The highest BCUT2D eigenvalue weighted by Gasteiger charge is 2.13. The van der Waals surface area contributed by atoms with Gasteiger partial charge in [-0.05, 0) is 37.1 Å². The van der Waals surface area contributed by atoms with Gasteiger partial charge in [-0.2, -0.15) is 4.98 Å². The number of hydrogen-bond donors (Lipinski definition) is 1. The number of amides is 1. The Bertz CT molecular complexity index is 1220. The third kappa shape index (κ3) is 4.50. The van der Waals surface area contributed by atoms with Gasteiger partial charge >= 0.3 is 6.09 Å². The Balaban J connectivity index is 1.54. The zero-order valence-electron chi connectivity index (χ0n) is 15.9. The van der Waals surface area contributed by atoms with Gasteiger partial charge in [-0.1, -0.05) is 48.4 Å². The van der Waals surface area contributed by atoms with Crippen molar-refractivity contribution < 1.29 is 9.53 Å². The molecule has 4 aromatic rings. The van der Waals surface area contributed by atoms with Gasteiger partial charge in [0.1, 0.15) is 11.4 Å². The highest BCUT2D eigenvalue weighted by molar-refractivity contribution is 9.11. The smallest absolute Gasteiger partial charge is 0.413 e. The number of hydrogen-bond acceptors (Lipinski definition) is 8. The van der Waals surface area contributed by atoms with Crippen molar-refractivity contribution in [3.05, 3.63) is 44.6 Å². The summed E-state index contributed by atoms with van der Waals surface area (Å²) in [6.45, 7) is 4.61. The molecule has 9 nitrogen and oxygen atoms in total. The van der Waals surface area contributed by atoms with E-state index in [-0.39, 0.29) is 6.61 Å². The number of fused-ring (bicyclic) bond motifs is 1. The van der Waals surface area contributed by atoms with Crippen LogP contribution in [-0.2, 0) is 11.3 Å². The Morgan fingerprint density at radius 1 is 1.23 bits per heavy atom. The summed E-state index contributed by atoms with van der Waals surface area (Å²) in [7, 11) is 0. The molecule has 3 heterocycles. The molecular formula is C18H15Br2N7O2S. The Labute approximate surface area is 192 Å². The molecule has 0 unspecified atom stereocenters. The van der Waals surface area contributed by atoms with Crippen LogP contribution in [0.5, 0.6) is 0 Å². The van der Waals surface area contributed by atoms with E-state index in [1.807, 2.05) is 13.1 Å². The number of anilines is 1. The molecule has 0 radical (unpaired) electrons. The minimum absolute atomic E-state index is 0.281. The van der Waals surface area contributed by atoms with Crippen LogP contribution in [0, 0.1) is 6.92 Å². The number of thiazole rings is 1. The standard InChI is InChI=1S/C18H15Br2N7O2S/c1-3-29-18(28)24-17-23-15-16(30-17)22-13(6-21-15)14-8-27(26-25-14)7-10-4-11(19)9(2)12(20)5-10/h4-6,8H,3,7H2,1-2H3,(H,21,23,24,28). The van der Waals surface area contributed by atoms with Gasteiger partial charge in [0.05, 0.1) is 25.5 Å². The summed E-state index contributed by atoms with van der Waals surface area (Å²) in [5, 5.41) is 11.3. The number of carbonyl (C=O) groups is 1. The molecule has 0 bridgehead atoms. The average Bonchev–Trinajstić information content (AvgIpc) is 3.31. The fourth-order valence-electron chi connectivity index (χ4n) is 2.62. The van der Waals surface area contributed by atoms with E-state index in [0.29, 0.717) is 33.5 Å². The Kier molecular flexibility index (Phi) is 6.06. The lowest BCUT2D eigenvalue weighted by Crippen LogP contribution is -2.12. The second-order valence-corrected chi connectivity index (χ2v) is 8.92. The van der Waals surface area contributed by atoms with Gasteiger partial charge in [-0.3, -0.25) is 5.32 Å². The molecule has 0 aliphatic heterocycles. The van der Waals surface area contributed by atoms with Crippen LogP contribution in [0.15, 0.2) is 33.5 Å². The number of nitrogens with one attached hydrogen (secondary N) is 1. The topological polar surface area (TPSA) is 108 Å². The van der Waals surface area contributed by atoms with Crippen LogP contribution < -0.4 is 5.32 Å². The number of rotatable bonds is 5. The molecule has 0 fully saturated rings. The molecule has 1 amide bonds. The van der Waals surface area contributed by atoms with Gasteiger partial charge in [-0.25, -0.2) is 19.4 Å². The number of aromatic nitrogens is 6. The summed E-state index contributed by atoms with van der Waals surface area (Å²) < 4.78 is 8.66. The maximum absolute atomic E-state index is 11.6. The Hall–Kier alpha value is -2.44. The molecule has 3 aromatic heterocycles. The van der Waals surface area contributed by atoms with E-state index in [1.54, 1.807) is 17.8 Å². The summed E-state index contributed by atoms with van der Waals surface area (Å²) in [6, 6.07) is 4.12. The van der Waals surface area contributed by atoms with E-state index in [1.165, 1.54) is 11.3 Å². The van der Waals surface area contributed by atoms with E-state index in [9.17, 15) is 4.79 Å². The molecule has 0 saturated heterocycles. The van der Waals surface area contributed by atoms with Crippen LogP contribution in [0.2, 0.25) is 0 Å². The fraction of sp³-hybridized carbons (Fsp3) is 0.222. The second kappa shape index (κ2) is 8.74. The average molecular weight is 553 g/mol. The van der Waals surface area contributed by atoms with Crippen LogP contribution >= 0.6 is 43.2 Å². The van der Waals surface area contributed by atoms with Crippen molar-refractivity contribution in [2.75, 3.05) is 11.9 Å². The zero-order valence-corrected chi connectivity index (χ0v) is 19.9. The molecule has 4 rings (SSSR count). The van der Waals surface area contributed by atoms with Gasteiger partial charge in [0.2, 0.25) is 0 Å². The predicted octanol–water partition coefficient (Wildman–Crippen LogP) is 4.79. The van der Waals surface area contributed by atoms with Crippen molar-refractivity contribution in [2.24, 2.45) is 0 Å². The summed E-state index contributed by atoms with van der Waals surface area (Å²) >= 11 is 8.35. The summed E-state index contributed by atoms with van der Waals surface area (Å²) in [5.41, 5.74) is 3.84. The van der Waals surface area contributed by atoms with E-state index in [2.05, 4.69) is 74.6 Å². The minimum Gasteiger partial charge on any atom is -0.450 e. The van der Waals surface area contributed by atoms with Crippen molar-refractivity contribution in [2.45, 2.75) is 20.4 Å². The summed E-state index contributed by atoms with van der Waals surface area (Å²) in [6.07, 6.45) is 2.84. The fourth-order valence-corrected chi connectivity index (χ4v) is 4.69. The molecule has 0 spiro atoms. The second-order valence-electron chi connectivity index (χ2n) is 6.23. The number of halogens is 2. The van der Waals surface area contributed by atoms with E-state index in [4.69, 9.17) is 4.74 Å². The largest absolute Gasteiger partial charge is 0.450 e. The molecule has 0 atom stereocenters. The quantitative estimate of drug-likeness (QED) is 0.379. The van der Waals surface area contributed by atoms with Gasteiger partial charge in [-0.15, -0.1) is 5.10 Å². The Morgan fingerprint density at radius 3 is 2.73 bits per heavy atom. The maximum atomic E-state index is 11.6. The summed E-state index contributed by atoms with van der Waals surface area (Å²) in [5.74, 6) is 0. The lowest BCUT2D eigenvalue weighted by molar-refractivity contribution is 0.168. The first kappa shape index (κ1) is 20.8. The van der Waals surface area contributed by atoms with Crippen molar-refractivity contribution in [1.82, 2.24) is 29.9 Å². The van der Waals surface area contributed by atoms with Gasteiger partial charge in [0.25, 0.3) is 0 Å². The third-order valence-corrected chi connectivity index (χ3v) is 6.60. The molecule has 0 aliphatic carbocycles. The number of nitrogens with zero attached hydrogens (tertiary/aromatic N) is 6. The SMILES string of the molecule is CCOC(=O)Nc1nc2ncc(-c3cn(Cc4cc(Br)c(C)c(Br)c4)nn3)nc2s1. The van der Waals surface area contributed by atoms with Gasteiger partial charge < -0.3 is 4.74 Å². The normalized spacial score (nSPS) is 11.1. The molecular weight excluding hydrogens is 538 g/mol. The van der Waals surface area contributed by atoms with Crippen LogP contribution in [0.4, 0.5) is 9.93 Å². The molecule has 12 heteroatoms. The monoisotopic (exact) mass is 551 g/mol. The van der Waals surface area contributed by atoms with Crippen molar-refractivity contribution in [3.8, 4) is 11.4 Å². The third-order valence-electron chi connectivity index (χ3n) is 4.09. The molecule has 30 heavy (non-hydrogen) atoms. The summed E-state index contributed by atoms with van der Waals surface area (Å²) in [4.78, 5) is 25.2. The molecule has 154 valence electrons. The van der Waals surface area contributed by atoms with Crippen LogP contribution in [0.3, 0.4) is 0 Å². The van der Waals surface area contributed by atoms with Gasteiger partial charge in [0, 0.05) is 8.95 Å². The molecule has 1 aromatic carbocycles. The van der Waals surface area contributed by atoms with E-state index < -0.39 is 6.09 Å². The van der Waals surface area contributed by atoms with E-state index >= 15 is 0 Å². The lowest BCUT2D eigenvalue weighted by atomic mass is 10.1. The van der Waals surface area contributed by atoms with Crippen molar-refractivity contribution in [3.63, 3.8) is 0 Å². The van der Waals surface area contributed by atoms with E-state index in [0.717, 1.165) is 20.1 Å². The molecule has 1 N–H and O–H groups in total. The van der Waals surface area contributed by atoms with Gasteiger partial charge in [0.15, 0.2) is 15.6 Å². The van der Waals surface area contributed by atoms with Crippen molar-refractivity contribution >= 4 is 64.9 Å². The minimum atomic E-state index is -0.561. The van der Waals surface area contributed by atoms with Crippen molar-refractivity contribution in [1.29, 1.82) is 0 Å². The highest BCUT2D eigenvalue weighted by atomic mass is 79.9. The number of benzene rings is 1.